The van der Waals surface area contributed by atoms with Crippen molar-refractivity contribution >= 4 is 0 Å². The van der Waals surface area contributed by atoms with Gasteiger partial charge in [0.25, 0.3) is 0 Å². The van der Waals surface area contributed by atoms with Crippen LogP contribution in [0.5, 0.6) is 0 Å². The zero-order chi connectivity index (χ0) is 8.23. The molecule has 2 radical (unpaired) electrons. The maximum Gasteiger partial charge on any atom is 0.141 e. The van der Waals surface area contributed by atoms with Gasteiger partial charge in [0.1, 0.15) is 6.61 Å². The van der Waals surface area contributed by atoms with Crippen molar-refractivity contribution < 1.29 is 4.74 Å². The molecule has 1 fully saturated rings. The Labute approximate surface area is 71.8 Å². The maximum atomic E-state index is 5.12. The Hall–Kier alpha value is -0.960. The van der Waals surface area contributed by atoms with Gasteiger partial charge in [-0.2, -0.15) is 10.2 Å². The van der Waals surface area contributed by atoms with Crippen LogP contribution >= 0.6 is 0 Å². The van der Waals surface area contributed by atoms with Crippen molar-refractivity contribution in [3.8, 4) is 0 Å². The van der Waals surface area contributed by atoms with Gasteiger partial charge in [-0.25, -0.2) is 0 Å². The highest BCUT2D eigenvalue weighted by molar-refractivity contribution is 5.09. The van der Waals surface area contributed by atoms with Crippen molar-refractivity contribution in [3.63, 3.8) is 0 Å². The van der Waals surface area contributed by atoms with Crippen LogP contribution in [0.3, 0.4) is 0 Å². The van der Waals surface area contributed by atoms with Gasteiger partial charge in [-0.15, -0.1) is 0 Å². The Morgan fingerprint density at radius 3 is 3.25 bits per heavy atom. The molecule has 1 atom stereocenters. The quantitative estimate of drug-likeness (QED) is 0.626. The lowest BCUT2D eigenvalue weighted by molar-refractivity contribution is 0.139. The first-order valence-electron chi connectivity index (χ1n) is 4.12. The van der Waals surface area contributed by atoms with Gasteiger partial charge in [-0.3, -0.25) is 0 Å². The van der Waals surface area contributed by atoms with E-state index in [1.54, 1.807) is 6.20 Å². The molecule has 3 heteroatoms. The Morgan fingerprint density at radius 1 is 1.58 bits per heavy atom. The monoisotopic (exact) mass is 162 g/mol. The largest absolute Gasteiger partial charge is 0.368 e. The van der Waals surface area contributed by atoms with Gasteiger partial charge in [0, 0.05) is 18.7 Å². The van der Waals surface area contributed by atoms with E-state index in [9.17, 15) is 0 Å². The molecule has 3 nitrogen and oxygen atoms in total. The molecule has 0 aliphatic carbocycles. The van der Waals surface area contributed by atoms with Crippen molar-refractivity contribution in [2.75, 3.05) is 6.61 Å². The summed E-state index contributed by atoms with van der Waals surface area (Å²) in [5.41, 5.74) is 0.956. The number of hydrogen-bond acceptors (Lipinski definition) is 3. The second-order valence-electron chi connectivity index (χ2n) is 2.81. The fraction of sp³-hybridized carbons (Fsp3) is 0.444. The number of hydrogen-bond donors (Lipinski definition) is 0. The SMILES string of the molecule is [C]1OCCCC1c1cccnn1. The maximum absolute atomic E-state index is 5.12. The van der Waals surface area contributed by atoms with Crippen molar-refractivity contribution in [3.05, 3.63) is 30.6 Å². The first kappa shape index (κ1) is 7.68. The highest BCUT2D eigenvalue weighted by atomic mass is 16.5. The Kier molecular flexibility index (Phi) is 2.32. The average molecular weight is 162 g/mol. The molecular weight excluding hydrogens is 152 g/mol. The van der Waals surface area contributed by atoms with Crippen LogP contribution in [0.1, 0.15) is 24.5 Å². The van der Waals surface area contributed by atoms with Crippen LogP contribution in [0.4, 0.5) is 0 Å². The Bertz CT molecular complexity index is 232. The van der Waals surface area contributed by atoms with E-state index in [1.165, 1.54) is 0 Å². The molecule has 12 heavy (non-hydrogen) atoms. The summed E-state index contributed by atoms with van der Waals surface area (Å²) in [6, 6.07) is 3.85. The van der Waals surface area contributed by atoms with Gasteiger partial charge in [0.05, 0.1) is 5.69 Å². The Balaban J connectivity index is 2.08. The standard InChI is InChI=1S/C9H10N2O/c1-4-9(11-10-5-1)8-3-2-6-12-7-8/h1,4-5,8H,2-3,6H2. The van der Waals surface area contributed by atoms with E-state index >= 15 is 0 Å². The normalized spacial score (nSPS) is 23.8. The number of aromatic nitrogens is 2. The highest BCUT2D eigenvalue weighted by Crippen LogP contribution is 2.25. The van der Waals surface area contributed by atoms with Crippen LogP contribution < -0.4 is 0 Å². The molecule has 1 aromatic rings. The molecule has 62 valence electrons. The van der Waals surface area contributed by atoms with Crippen LogP contribution in [-0.2, 0) is 4.74 Å². The Morgan fingerprint density at radius 2 is 2.58 bits per heavy atom. The molecule has 0 amide bonds. The third-order valence-corrected chi connectivity index (χ3v) is 1.91. The van der Waals surface area contributed by atoms with Gasteiger partial charge in [-0.1, -0.05) is 0 Å². The molecule has 2 heterocycles. The van der Waals surface area contributed by atoms with Gasteiger partial charge in [0.2, 0.25) is 0 Å². The summed E-state index contributed by atoms with van der Waals surface area (Å²) < 4.78 is 5.12. The average Bonchev–Trinajstić information content (AvgIpc) is 2.21. The molecule has 1 aromatic heterocycles. The minimum Gasteiger partial charge on any atom is -0.368 e. The number of ether oxygens (including phenoxy) is 1. The van der Waals surface area contributed by atoms with Gasteiger partial charge in [-0.05, 0) is 25.0 Å². The van der Waals surface area contributed by atoms with Gasteiger partial charge < -0.3 is 4.74 Å². The van der Waals surface area contributed by atoms with E-state index in [0.29, 0.717) is 0 Å². The van der Waals surface area contributed by atoms with Crippen LogP contribution in [-0.4, -0.2) is 16.8 Å². The molecule has 0 spiro atoms. The predicted octanol–water partition coefficient (Wildman–Crippen LogP) is 1.41. The molecule has 1 saturated heterocycles. The second kappa shape index (κ2) is 3.63. The molecule has 0 saturated carbocycles. The van der Waals surface area contributed by atoms with Crippen LogP contribution in [0.15, 0.2) is 18.3 Å². The zero-order valence-electron chi connectivity index (χ0n) is 6.73. The van der Waals surface area contributed by atoms with E-state index in [4.69, 9.17) is 4.74 Å². The summed E-state index contributed by atoms with van der Waals surface area (Å²) in [7, 11) is 0. The molecule has 0 aromatic carbocycles. The first-order valence-corrected chi connectivity index (χ1v) is 4.12. The summed E-state index contributed by atoms with van der Waals surface area (Å²) >= 11 is 0. The molecule has 0 N–H and O–H groups in total. The van der Waals surface area contributed by atoms with E-state index in [-0.39, 0.29) is 5.92 Å². The van der Waals surface area contributed by atoms with Crippen molar-refractivity contribution in [1.29, 1.82) is 0 Å². The smallest absolute Gasteiger partial charge is 0.141 e. The fourth-order valence-electron chi connectivity index (χ4n) is 1.29. The second-order valence-corrected chi connectivity index (χ2v) is 2.81. The first-order chi connectivity index (χ1) is 5.97. The third kappa shape index (κ3) is 1.61. The highest BCUT2D eigenvalue weighted by Gasteiger charge is 2.18. The molecule has 1 aliphatic heterocycles. The lowest BCUT2D eigenvalue weighted by Gasteiger charge is -2.18. The molecular formula is C9H10N2O. The summed E-state index contributed by atoms with van der Waals surface area (Å²) in [5.74, 6) is 0.215. The zero-order valence-corrected chi connectivity index (χ0v) is 6.73. The number of rotatable bonds is 1. The summed E-state index contributed by atoms with van der Waals surface area (Å²) in [6.07, 6.45) is 3.82. The molecule has 1 aliphatic rings. The third-order valence-electron chi connectivity index (χ3n) is 1.91. The van der Waals surface area contributed by atoms with Crippen LogP contribution in [0, 0.1) is 6.61 Å². The molecule has 0 bridgehead atoms. The summed E-state index contributed by atoms with van der Waals surface area (Å²) in [5, 5.41) is 7.82. The predicted molar refractivity (Wildman–Crippen MR) is 43.2 cm³/mol. The van der Waals surface area contributed by atoms with Crippen LogP contribution in [0.25, 0.3) is 0 Å². The van der Waals surface area contributed by atoms with E-state index in [1.807, 2.05) is 12.1 Å². The topological polar surface area (TPSA) is 35.0 Å². The molecule has 2 rings (SSSR count). The van der Waals surface area contributed by atoms with Crippen molar-refractivity contribution in [1.82, 2.24) is 10.2 Å². The lowest BCUT2D eigenvalue weighted by atomic mass is 9.99. The minimum absolute atomic E-state index is 0.215. The van der Waals surface area contributed by atoms with Gasteiger partial charge >= 0.3 is 0 Å². The van der Waals surface area contributed by atoms with Crippen molar-refractivity contribution in [2.24, 2.45) is 0 Å². The van der Waals surface area contributed by atoms with Gasteiger partial charge in [0.15, 0.2) is 0 Å². The summed E-state index contributed by atoms with van der Waals surface area (Å²) in [6.45, 7) is 3.72. The van der Waals surface area contributed by atoms with Crippen molar-refractivity contribution in [2.45, 2.75) is 18.8 Å². The van der Waals surface area contributed by atoms with E-state index < -0.39 is 0 Å². The molecule has 1 unspecified atom stereocenters. The minimum atomic E-state index is 0.215. The van der Waals surface area contributed by atoms with Crippen LogP contribution in [0.2, 0.25) is 0 Å². The fourth-order valence-corrected chi connectivity index (χ4v) is 1.29. The summed E-state index contributed by atoms with van der Waals surface area (Å²) in [4.78, 5) is 0. The van der Waals surface area contributed by atoms with E-state index in [2.05, 4.69) is 16.8 Å². The lowest BCUT2D eigenvalue weighted by Crippen LogP contribution is -2.12. The number of nitrogens with zero attached hydrogens (tertiary/aromatic N) is 2. The van der Waals surface area contributed by atoms with E-state index in [0.717, 1.165) is 25.1 Å².